The zero-order valence-corrected chi connectivity index (χ0v) is 26.9. The van der Waals surface area contributed by atoms with Crippen LogP contribution in [0.1, 0.15) is 44.5 Å². The Bertz CT molecular complexity index is 1420. The number of hydrogen-bond donors (Lipinski definition) is 0. The molecule has 0 N–H and O–H groups in total. The summed E-state index contributed by atoms with van der Waals surface area (Å²) in [5, 5.41) is 0. The van der Waals surface area contributed by atoms with Crippen molar-refractivity contribution in [2.24, 2.45) is 0 Å². The van der Waals surface area contributed by atoms with E-state index < -0.39 is 24.1 Å². The molecule has 0 fully saturated rings. The first-order valence-electron chi connectivity index (χ1n) is 15.0. The van der Waals surface area contributed by atoms with Gasteiger partial charge >= 0.3 is 11.9 Å². The van der Waals surface area contributed by atoms with Gasteiger partial charge in [-0.05, 0) is 72.2 Å². The van der Waals surface area contributed by atoms with Gasteiger partial charge in [-0.2, -0.15) is 0 Å². The highest BCUT2D eigenvalue weighted by molar-refractivity contribution is 5.78. The van der Waals surface area contributed by atoms with Gasteiger partial charge in [-0.1, -0.05) is 84.9 Å². The fraction of sp³-hybridized carbons (Fsp3) is 0.316. The highest BCUT2D eigenvalue weighted by atomic mass is 16.6. The predicted octanol–water partition coefficient (Wildman–Crippen LogP) is 6.96. The van der Waals surface area contributed by atoms with Crippen molar-refractivity contribution in [3.63, 3.8) is 0 Å². The Hall–Kier alpha value is -4.62. The molecule has 0 radical (unpaired) electrons. The van der Waals surface area contributed by atoms with Crippen LogP contribution in [0.25, 0.3) is 0 Å². The summed E-state index contributed by atoms with van der Waals surface area (Å²) in [7, 11) is 2.62. The van der Waals surface area contributed by atoms with Gasteiger partial charge in [0.1, 0.15) is 24.7 Å². The maximum absolute atomic E-state index is 12.9. The number of esters is 2. The smallest absolute Gasteiger partial charge is 0.335 e. The maximum atomic E-state index is 12.9. The molecule has 0 aliphatic carbocycles. The van der Waals surface area contributed by atoms with Crippen molar-refractivity contribution in [1.29, 1.82) is 0 Å². The summed E-state index contributed by atoms with van der Waals surface area (Å²) in [6, 6.07) is 27.8. The van der Waals surface area contributed by atoms with Crippen LogP contribution in [0.15, 0.2) is 84.9 Å². The molecule has 0 unspecified atom stereocenters. The standard InChI is InChI=1S/C38H42O7/c1-25-17-31(18-26(2)35(25)43-23-29-13-9-7-10-14-29)21-33(37(39)41-5)45-34(38(40)42-6)22-32-19-27(3)36(28(4)20-32)44-24-30-15-11-8-12-16-30/h7-20,33-34H,21-24H2,1-6H3/t33-,34-/m1/s1. The highest BCUT2D eigenvalue weighted by Gasteiger charge is 2.30. The third kappa shape index (κ3) is 9.19. The molecule has 4 aromatic rings. The van der Waals surface area contributed by atoms with Crippen LogP contribution in [0.2, 0.25) is 0 Å². The fourth-order valence-electron chi connectivity index (χ4n) is 5.49. The van der Waals surface area contributed by atoms with Crippen molar-refractivity contribution in [3.05, 3.63) is 129 Å². The predicted molar refractivity (Wildman–Crippen MR) is 173 cm³/mol. The van der Waals surface area contributed by atoms with Crippen LogP contribution in [0.3, 0.4) is 0 Å². The fourth-order valence-corrected chi connectivity index (χ4v) is 5.49. The minimum atomic E-state index is -1.02. The maximum Gasteiger partial charge on any atom is 0.335 e. The third-order valence-electron chi connectivity index (χ3n) is 7.59. The summed E-state index contributed by atoms with van der Waals surface area (Å²) >= 11 is 0. The molecule has 0 saturated heterocycles. The Morgan fingerprint density at radius 1 is 0.533 bits per heavy atom. The van der Waals surface area contributed by atoms with E-state index in [0.29, 0.717) is 13.2 Å². The molecular weight excluding hydrogens is 568 g/mol. The summed E-state index contributed by atoms with van der Waals surface area (Å²) in [6.45, 7) is 8.80. The first-order chi connectivity index (χ1) is 21.7. The second kappa shape index (κ2) is 15.9. The Kier molecular flexibility index (Phi) is 11.8. The number of aryl methyl sites for hydroxylation is 4. The second-order valence-electron chi connectivity index (χ2n) is 11.2. The normalized spacial score (nSPS) is 12.2. The Morgan fingerprint density at radius 2 is 0.867 bits per heavy atom. The summed E-state index contributed by atoms with van der Waals surface area (Å²) in [6.07, 6.45) is -1.62. The van der Waals surface area contributed by atoms with E-state index in [1.54, 1.807) is 0 Å². The molecule has 0 aliphatic heterocycles. The third-order valence-corrected chi connectivity index (χ3v) is 7.59. The van der Waals surface area contributed by atoms with Crippen LogP contribution >= 0.6 is 0 Å². The Balaban J connectivity index is 1.49. The lowest BCUT2D eigenvalue weighted by atomic mass is 9.99. The van der Waals surface area contributed by atoms with Crippen molar-refractivity contribution in [2.45, 2.75) is 66.0 Å². The minimum Gasteiger partial charge on any atom is -0.488 e. The molecule has 236 valence electrons. The van der Waals surface area contributed by atoms with Crippen LogP contribution in [0.4, 0.5) is 0 Å². The van der Waals surface area contributed by atoms with Crippen LogP contribution in [-0.4, -0.2) is 38.4 Å². The number of ether oxygens (including phenoxy) is 5. The number of carbonyl (C=O) groups is 2. The lowest BCUT2D eigenvalue weighted by molar-refractivity contribution is -0.169. The van der Waals surface area contributed by atoms with E-state index in [1.807, 2.05) is 113 Å². The molecule has 4 rings (SSSR count). The van der Waals surface area contributed by atoms with Gasteiger partial charge in [0.05, 0.1) is 14.2 Å². The van der Waals surface area contributed by atoms with Crippen molar-refractivity contribution in [2.75, 3.05) is 14.2 Å². The molecule has 0 aromatic heterocycles. The van der Waals surface area contributed by atoms with E-state index in [4.69, 9.17) is 23.7 Å². The van der Waals surface area contributed by atoms with E-state index in [9.17, 15) is 9.59 Å². The van der Waals surface area contributed by atoms with Gasteiger partial charge in [0.25, 0.3) is 0 Å². The highest BCUT2D eigenvalue weighted by Crippen LogP contribution is 2.29. The van der Waals surface area contributed by atoms with E-state index in [0.717, 1.165) is 56.0 Å². The lowest BCUT2D eigenvalue weighted by Gasteiger charge is -2.23. The van der Waals surface area contributed by atoms with Gasteiger partial charge < -0.3 is 23.7 Å². The summed E-state index contributed by atoms with van der Waals surface area (Å²) < 4.78 is 28.6. The molecule has 7 nitrogen and oxygen atoms in total. The van der Waals surface area contributed by atoms with Gasteiger partial charge in [0.15, 0.2) is 12.2 Å². The molecule has 0 bridgehead atoms. The van der Waals surface area contributed by atoms with Crippen molar-refractivity contribution < 1.29 is 33.3 Å². The second-order valence-corrected chi connectivity index (χ2v) is 11.2. The van der Waals surface area contributed by atoms with Crippen LogP contribution in [0, 0.1) is 27.7 Å². The first kappa shape index (κ1) is 33.3. The molecule has 45 heavy (non-hydrogen) atoms. The summed E-state index contributed by atoms with van der Waals surface area (Å²) in [5.41, 5.74) is 7.64. The molecule has 4 aromatic carbocycles. The number of rotatable bonds is 14. The van der Waals surface area contributed by atoms with Crippen molar-refractivity contribution in [3.8, 4) is 11.5 Å². The zero-order chi connectivity index (χ0) is 32.3. The number of carbonyl (C=O) groups excluding carboxylic acids is 2. The monoisotopic (exact) mass is 610 g/mol. The molecule has 0 heterocycles. The molecule has 0 saturated carbocycles. The number of hydrogen-bond acceptors (Lipinski definition) is 7. The average molecular weight is 611 g/mol. The molecule has 0 aliphatic rings. The summed E-state index contributed by atoms with van der Waals surface area (Å²) in [5.74, 6) is 0.460. The van der Waals surface area contributed by atoms with Gasteiger partial charge in [0, 0.05) is 12.8 Å². The molecular formula is C38H42O7. The van der Waals surface area contributed by atoms with Crippen LogP contribution in [-0.2, 0) is 49.9 Å². The lowest BCUT2D eigenvalue weighted by Crippen LogP contribution is -2.38. The number of methoxy groups -OCH3 is 2. The SMILES string of the molecule is COC(=O)[C@@H](Cc1cc(C)c(OCc2ccccc2)c(C)c1)O[C@H](Cc1cc(C)c(OCc2ccccc2)c(C)c1)C(=O)OC. The Morgan fingerprint density at radius 3 is 1.18 bits per heavy atom. The van der Waals surface area contributed by atoms with Crippen LogP contribution < -0.4 is 9.47 Å². The molecule has 0 amide bonds. The quantitative estimate of drug-likeness (QED) is 0.143. The van der Waals surface area contributed by atoms with Gasteiger partial charge in [-0.3, -0.25) is 0 Å². The van der Waals surface area contributed by atoms with E-state index in [2.05, 4.69) is 0 Å². The topological polar surface area (TPSA) is 80.3 Å². The molecule has 2 atom stereocenters. The van der Waals surface area contributed by atoms with E-state index in [1.165, 1.54) is 14.2 Å². The Labute approximate surface area is 266 Å². The molecule has 0 spiro atoms. The van der Waals surface area contributed by atoms with E-state index >= 15 is 0 Å². The average Bonchev–Trinajstić information content (AvgIpc) is 3.03. The van der Waals surface area contributed by atoms with Crippen molar-refractivity contribution in [1.82, 2.24) is 0 Å². The minimum absolute atomic E-state index is 0.213. The van der Waals surface area contributed by atoms with E-state index in [-0.39, 0.29) is 12.8 Å². The number of benzene rings is 4. The van der Waals surface area contributed by atoms with Gasteiger partial charge in [-0.15, -0.1) is 0 Å². The summed E-state index contributed by atoms with van der Waals surface area (Å²) in [4.78, 5) is 25.8. The van der Waals surface area contributed by atoms with Gasteiger partial charge in [-0.25, -0.2) is 9.59 Å². The largest absolute Gasteiger partial charge is 0.488 e. The zero-order valence-electron chi connectivity index (χ0n) is 26.9. The van der Waals surface area contributed by atoms with Crippen LogP contribution in [0.5, 0.6) is 11.5 Å². The first-order valence-corrected chi connectivity index (χ1v) is 15.0. The van der Waals surface area contributed by atoms with Gasteiger partial charge in [0.2, 0.25) is 0 Å². The molecule has 7 heteroatoms. The van der Waals surface area contributed by atoms with Crippen molar-refractivity contribution >= 4 is 11.9 Å².